The highest BCUT2D eigenvalue weighted by atomic mass is 32.2. The summed E-state index contributed by atoms with van der Waals surface area (Å²) in [6, 6.07) is 13.7. The second kappa shape index (κ2) is 8.50. The smallest absolute Gasteiger partial charge is 0.343 e. The van der Waals surface area contributed by atoms with Gasteiger partial charge in [0.1, 0.15) is 11.4 Å². The van der Waals surface area contributed by atoms with Crippen molar-refractivity contribution < 1.29 is 9.53 Å². The lowest BCUT2D eigenvalue weighted by Crippen LogP contribution is -2.12. The summed E-state index contributed by atoms with van der Waals surface area (Å²) in [5, 5.41) is 9.37. The van der Waals surface area contributed by atoms with Crippen LogP contribution in [0.2, 0.25) is 0 Å². The summed E-state index contributed by atoms with van der Waals surface area (Å²) in [6.45, 7) is 3.91. The Morgan fingerprint density at radius 3 is 2.83 bits per heavy atom. The maximum absolute atomic E-state index is 12.4. The molecule has 152 valence electrons. The molecule has 0 fully saturated rings. The summed E-state index contributed by atoms with van der Waals surface area (Å²) in [6.07, 6.45) is 3.34. The van der Waals surface area contributed by atoms with Crippen LogP contribution in [0.1, 0.15) is 23.0 Å². The van der Waals surface area contributed by atoms with E-state index in [1.165, 1.54) is 18.0 Å². The Labute approximate surface area is 177 Å². The Bertz CT molecular complexity index is 1220. The lowest BCUT2D eigenvalue weighted by Gasteiger charge is -2.12. The van der Waals surface area contributed by atoms with Crippen molar-refractivity contribution in [2.75, 3.05) is 18.2 Å². The van der Waals surface area contributed by atoms with Gasteiger partial charge in [0, 0.05) is 17.6 Å². The van der Waals surface area contributed by atoms with Gasteiger partial charge in [0.15, 0.2) is 16.8 Å². The zero-order valence-corrected chi connectivity index (χ0v) is 17.6. The lowest BCUT2D eigenvalue weighted by atomic mass is 10.2. The van der Waals surface area contributed by atoms with Gasteiger partial charge in [-0.05, 0) is 38.3 Å². The number of ether oxygens (including phenoxy) is 1. The predicted molar refractivity (Wildman–Crippen MR) is 117 cm³/mol. The minimum absolute atomic E-state index is 0.256. The van der Waals surface area contributed by atoms with Crippen LogP contribution in [-0.4, -0.2) is 43.6 Å². The van der Waals surface area contributed by atoms with Gasteiger partial charge in [0.2, 0.25) is 0 Å². The number of thioether (sulfide) groups is 1. The number of aromatic nitrogens is 5. The third-order valence-corrected chi connectivity index (χ3v) is 4.89. The van der Waals surface area contributed by atoms with Gasteiger partial charge >= 0.3 is 5.97 Å². The van der Waals surface area contributed by atoms with E-state index in [2.05, 4.69) is 20.4 Å². The molecule has 3 aromatic heterocycles. The van der Waals surface area contributed by atoms with Crippen molar-refractivity contribution in [1.29, 1.82) is 0 Å². The molecule has 0 aliphatic carbocycles. The first kappa shape index (κ1) is 19.8. The quantitative estimate of drug-likeness (QED) is 0.282. The van der Waals surface area contributed by atoms with E-state index in [0.29, 0.717) is 22.6 Å². The summed E-state index contributed by atoms with van der Waals surface area (Å²) in [5.74, 6) is 1.15. The van der Waals surface area contributed by atoms with E-state index in [1.54, 1.807) is 11.6 Å². The number of anilines is 2. The number of rotatable bonds is 6. The number of fused-ring (bicyclic) bond motifs is 1. The number of nitrogens with one attached hydrogen (secondary N) is 1. The molecule has 0 bridgehead atoms. The Morgan fingerprint density at radius 1 is 1.20 bits per heavy atom. The first-order chi connectivity index (χ1) is 14.6. The number of hydrogen-bond donors (Lipinski definition) is 1. The van der Waals surface area contributed by atoms with Gasteiger partial charge < -0.3 is 10.1 Å². The summed E-state index contributed by atoms with van der Waals surface area (Å²) in [4.78, 5) is 25.8. The van der Waals surface area contributed by atoms with Crippen LogP contribution in [0.4, 0.5) is 11.6 Å². The fraction of sp³-hybridized carbons (Fsp3) is 0.190. The van der Waals surface area contributed by atoms with Crippen molar-refractivity contribution in [1.82, 2.24) is 24.7 Å². The molecule has 4 aromatic rings. The van der Waals surface area contributed by atoms with Crippen LogP contribution >= 0.6 is 11.8 Å². The zero-order chi connectivity index (χ0) is 21.1. The van der Waals surface area contributed by atoms with Crippen molar-refractivity contribution in [3.63, 3.8) is 0 Å². The highest BCUT2D eigenvalue weighted by Crippen LogP contribution is 2.25. The van der Waals surface area contributed by atoms with Crippen molar-refractivity contribution in [3.05, 3.63) is 59.9 Å². The first-order valence-electron chi connectivity index (χ1n) is 9.37. The standard InChI is InChI=1S/C21H20N6O2S/c1-4-29-20(28)15-12-22-21(30-3)25-19(15)24-18-11-13(2)26-27(18)17-10-9-14-7-5-6-8-16(14)23-17/h5-12H,4H2,1-3H3,(H,22,24,25). The Hall–Kier alpha value is -3.46. The molecule has 0 atom stereocenters. The van der Waals surface area contributed by atoms with E-state index in [9.17, 15) is 4.79 Å². The molecular formula is C21H20N6O2S. The largest absolute Gasteiger partial charge is 0.462 e. The number of para-hydroxylation sites is 1. The Morgan fingerprint density at radius 2 is 2.03 bits per heavy atom. The minimum Gasteiger partial charge on any atom is -0.462 e. The van der Waals surface area contributed by atoms with Crippen molar-refractivity contribution in [3.8, 4) is 5.82 Å². The second-order valence-corrected chi connectivity index (χ2v) is 7.18. The van der Waals surface area contributed by atoms with E-state index in [0.717, 1.165) is 16.6 Å². The van der Waals surface area contributed by atoms with Gasteiger partial charge in [0.05, 0.1) is 17.8 Å². The maximum Gasteiger partial charge on any atom is 0.343 e. The number of nitrogens with zero attached hydrogens (tertiary/aromatic N) is 5. The first-order valence-corrected chi connectivity index (χ1v) is 10.6. The number of benzene rings is 1. The molecule has 0 saturated carbocycles. The fourth-order valence-corrected chi connectivity index (χ4v) is 3.32. The highest BCUT2D eigenvalue weighted by molar-refractivity contribution is 7.98. The molecular weight excluding hydrogens is 400 g/mol. The third-order valence-electron chi connectivity index (χ3n) is 4.32. The molecule has 0 saturated heterocycles. The van der Waals surface area contributed by atoms with Gasteiger partial charge in [-0.3, -0.25) is 0 Å². The molecule has 0 aliphatic rings. The maximum atomic E-state index is 12.4. The fourth-order valence-electron chi connectivity index (χ4n) is 2.98. The number of esters is 1. The highest BCUT2D eigenvalue weighted by Gasteiger charge is 2.18. The van der Waals surface area contributed by atoms with Crippen LogP contribution in [0.15, 0.2) is 53.8 Å². The van der Waals surface area contributed by atoms with E-state index in [-0.39, 0.29) is 12.2 Å². The van der Waals surface area contributed by atoms with Gasteiger partial charge in [0.25, 0.3) is 0 Å². The molecule has 0 spiro atoms. The number of carbonyl (C=O) groups is 1. The van der Waals surface area contributed by atoms with Crippen molar-refractivity contribution >= 4 is 40.3 Å². The summed E-state index contributed by atoms with van der Waals surface area (Å²) in [7, 11) is 0. The van der Waals surface area contributed by atoms with Gasteiger partial charge in [-0.15, -0.1) is 0 Å². The van der Waals surface area contributed by atoms with Crippen molar-refractivity contribution in [2.45, 2.75) is 19.0 Å². The van der Waals surface area contributed by atoms with Crippen LogP contribution in [0.25, 0.3) is 16.7 Å². The molecule has 30 heavy (non-hydrogen) atoms. The monoisotopic (exact) mass is 420 g/mol. The van der Waals surface area contributed by atoms with E-state index in [1.807, 2.05) is 55.6 Å². The summed E-state index contributed by atoms with van der Waals surface area (Å²) < 4.78 is 6.84. The number of aryl methyl sites for hydroxylation is 1. The molecule has 0 unspecified atom stereocenters. The number of hydrogen-bond acceptors (Lipinski definition) is 8. The Balaban J connectivity index is 1.77. The predicted octanol–water partition coefficient (Wildman–Crippen LogP) is 4.16. The summed E-state index contributed by atoms with van der Waals surface area (Å²) in [5.41, 5.74) is 1.92. The van der Waals surface area contributed by atoms with Crippen LogP contribution in [0.3, 0.4) is 0 Å². The van der Waals surface area contributed by atoms with Crippen LogP contribution < -0.4 is 5.32 Å². The van der Waals surface area contributed by atoms with E-state index >= 15 is 0 Å². The van der Waals surface area contributed by atoms with E-state index < -0.39 is 5.97 Å². The second-order valence-electron chi connectivity index (χ2n) is 6.41. The minimum atomic E-state index is -0.487. The van der Waals surface area contributed by atoms with Gasteiger partial charge in [-0.2, -0.15) is 9.78 Å². The van der Waals surface area contributed by atoms with Crippen LogP contribution in [-0.2, 0) is 4.74 Å². The molecule has 0 aliphatic heterocycles. The van der Waals surface area contributed by atoms with E-state index in [4.69, 9.17) is 9.72 Å². The Kier molecular flexibility index (Phi) is 5.62. The molecule has 4 rings (SSSR count). The molecule has 9 heteroatoms. The molecule has 1 N–H and O–H groups in total. The third kappa shape index (κ3) is 3.97. The molecule has 8 nitrogen and oxygen atoms in total. The van der Waals surface area contributed by atoms with Crippen molar-refractivity contribution in [2.24, 2.45) is 0 Å². The number of pyridine rings is 1. The average Bonchev–Trinajstić information content (AvgIpc) is 3.13. The van der Waals surface area contributed by atoms with Crippen LogP contribution in [0.5, 0.6) is 0 Å². The molecule has 3 heterocycles. The molecule has 0 amide bonds. The summed E-state index contributed by atoms with van der Waals surface area (Å²) >= 11 is 1.39. The number of carbonyl (C=O) groups excluding carboxylic acids is 1. The normalized spacial score (nSPS) is 10.9. The molecule has 0 radical (unpaired) electrons. The molecule has 1 aromatic carbocycles. The van der Waals surface area contributed by atoms with Gasteiger partial charge in [-0.25, -0.2) is 19.7 Å². The SMILES string of the molecule is CCOC(=O)c1cnc(SC)nc1Nc1cc(C)nn1-c1ccc2ccccc2n1. The topological polar surface area (TPSA) is 94.8 Å². The lowest BCUT2D eigenvalue weighted by molar-refractivity contribution is 0.0526. The average molecular weight is 420 g/mol. The van der Waals surface area contributed by atoms with Gasteiger partial charge in [-0.1, -0.05) is 30.0 Å². The zero-order valence-electron chi connectivity index (χ0n) is 16.8. The van der Waals surface area contributed by atoms with Crippen LogP contribution in [0, 0.1) is 6.92 Å².